The summed E-state index contributed by atoms with van der Waals surface area (Å²) in [4.78, 5) is 18.9. The minimum atomic E-state index is -0.329. The van der Waals surface area contributed by atoms with Gasteiger partial charge in [0.05, 0.1) is 16.6 Å². The monoisotopic (exact) mass is 436 g/mol. The molecular weight excluding hydrogens is 419 g/mol. The summed E-state index contributed by atoms with van der Waals surface area (Å²) in [5.41, 5.74) is 4.50. The molecule has 1 atom stereocenters. The number of nitrogens with zero attached hydrogens (tertiary/aromatic N) is 1. The fraction of sp³-hybridized carbons (Fsp3) is 0.125. The van der Waals surface area contributed by atoms with Gasteiger partial charge in [-0.3, -0.25) is 4.79 Å². The van der Waals surface area contributed by atoms with Gasteiger partial charge in [-0.25, -0.2) is 0 Å². The Hall–Kier alpha value is -2.95. The molecule has 0 radical (unpaired) electrons. The Morgan fingerprint density at radius 3 is 2.57 bits per heavy atom. The number of fused-ring (bicyclic) bond motifs is 3. The van der Waals surface area contributed by atoms with Crippen LogP contribution in [0.2, 0.25) is 10.0 Å². The fourth-order valence-electron chi connectivity index (χ4n) is 4.27. The molecule has 4 aromatic rings. The zero-order chi connectivity index (χ0) is 20.8. The predicted octanol–water partition coefficient (Wildman–Crippen LogP) is 5.97. The van der Waals surface area contributed by atoms with Crippen LogP contribution in [0.4, 0.5) is 0 Å². The molecule has 30 heavy (non-hydrogen) atoms. The third-order valence-corrected chi connectivity index (χ3v) is 6.23. The Bertz CT molecular complexity index is 1260. The van der Waals surface area contributed by atoms with Gasteiger partial charge in [0.25, 0.3) is 5.91 Å². The quantitative estimate of drug-likeness (QED) is 0.406. The standard InChI is InChI=1S/C24H18Cl2N2O2/c25-15-7-10-21-19(13-15)17-11-12-28(24(30)18-3-1-2-4-20(18)26)23(22(17)27-21)14-5-8-16(29)9-6-14/h1-10,13,23,27,29H,11-12H2. The molecule has 150 valence electrons. The van der Waals surface area contributed by atoms with E-state index in [1.165, 1.54) is 0 Å². The topological polar surface area (TPSA) is 56.3 Å². The Morgan fingerprint density at radius 2 is 1.80 bits per heavy atom. The molecule has 3 aromatic carbocycles. The lowest BCUT2D eigenvalue weighted by Crippen LogP contribution is -2.40. The number of amides is 1. The number of benzene rings is 3. The summed E-state index contributed by atoms with van der Waals surface area (Å²) in [6.07, 6.45) is 0.709. The van der Waals surface area contributed by atoms with Crippen LogP contribution in [0.3, 0.4) is 0 Å². The summed E-state index contributed by atoms with van der Waals surface area (Å²) >= 11 is 12.6. The minimum Gasteiger partial charge on any atom is -0.508 e. The van der Waals surface area contributed by atoms with Crippen LogP contribution in [0.5, 0.6) is 5.75 Å². The highest BCUT2D eigenvalue weighted by atomic mass is 35.5. The van der Waals surface area contributed by atoms with E-state index in [1.54, 1.807) is 24.3 Å². The number of rotatable bonds is 2. The van der Waals surface area contributed by atoms with E-state index in [0.717, 1.165) is 27.7 Å². The zero-order valence-electron chi connectivity index (χ0n) is 15.9. The van der Waals surface area contributed by atoms with Crippen molar-refractivity contribution in [1.82, 2.24) is 9.88 Å². The molecule has 0 fully saturated rings. The van der Waals surface area contributed by atoms with Crippen molar-refractivity contribution in [2.24, 2.45) is 0 Å². The van der Waals surface area contributed by atoms with E-state index in [0.29, 0.717) is 28.6 Å². The fourth-order valence-corrected chi connectivity index (χ4v) is 4.66. The second kappa shape index (κ2) is 7.38. The number of aromatic hydroxyl groups is 1. The summed E-state index contributed by atoms with van der Waals surface area (Å²) in [6, 6.07) is 19.5. The maximum atomic E-state index is 13.5. The molecule has 1 aliphatic heterocycles. The Balaban J connectivity index is 1.68. The number of carbonyl (C=O) groups is 1. The second-order valence-corrected chi connectivity index (χ2v) is 8.27. The number of aromatic amines is 1. The highest BCUT2D eigenvalue weighted by Crippen LogP contribution is 2.40. The number of phenolic OH excluding ortho intramolecular Hbond substituents is 1. The molecule has 0 aliphatic carbocycles. The number of nitrogens with one attached hydrogen (secondary N) is 1. The van der Waals surface area contributed by atoms with Crippen LogP contribution in [0, 0.1) is 0 Å². The number of hydrogen-bond donors (Lipinski definition) is 2. The summed E-state index contributed by atoms with van der Waals surface area (Å²) < 4.78 is 0. The Labute approximate surface area is 183 Å². The van der Waals surface area contributed by atoms with Crippen molar-refractivity contribution in [2.45, 2.75) is 12.5 Å². The first-order valence-electron chi connectivity index (χ1n) is 9.67. The van der Waals surface area contributed by atoms with Crippen LogP contribution in [0.1, 0.15) is 33.2 Å². The van der Waals surface area contributed by atoms with Crippen LogP contribution in [-0.4, -0.2) is 27.4 Å². The van der Waals surface area contributed by atoms with Gasteiger partial charge in [0, 0.05) is 28.2 Å². The number of halogens is 2. The molecule has 0 saturated heterocycles. The molecule has 0 spiro atoms. The van der Waals surface area contributed by atoms with Crippen LogP contribution >= 0.6 is 23.2 Å². The van der Waals surface area contributed by atoms with Crippen molar-refractivity contribution < 1.29 is 9.90 Å². The molecule has 1 unspecified atom stereocenters. The minimum absolute atomic E-state index is 0.124. The lowest BCUT2D eigenvalue weighted by molar-refractivity contribution is 0.0692. The second-order valence-electron chi connectivity index (χ2n) is 7.43. The Kier molecular flexibility index (Phi) is 4.69. The molecule has 4 nitrogen and oxygen atoms in total. The first kappa shape index (κ1) is 19.0. The van der Waals surface area contributed by atoms with Crippen molar-refractivity contribution in [1.29, 1.82) is 0 Å². The van der Waals surface area contributed by atoms with Crippen molar-refractivity contribution >= 4 is 40.0 Å². The van der Waals surface area contributed by atoms with Gasteiger partial charge in [-0.1, -0.05) is 47.5 Å². The number of carbonyl (C=O) groups excluding carboxylic acids is 1. The molecule has 1 aromatic heterocycles. The van der Waals surface area contributed by atoms with E-state index in [2.05, 4.69) is 4.98 Å². The smallest absolute Gasteiger partial charge is 0.256 e. The first-order chi connectivity index (χ1) is 14.5. The van der Waals surface area contributed by atoms with Gasteiger partial charge in [0.2, 0.25) is 0 Å². The van der Waals surface area contributed by atoms with Gasteiger partial charge in [-0.15, -0.1) is 0 Å². The SMILES string of the molecule is O=C(c1ccccc1Cl)N1CCc2c([nH]c3ccc(Cl)cc23)C1c1ccc(O)cc1. The molecule has 6 heteroatoms. The molecule has 2 heterocycles. The van der Waals surface area contributed by atoms with Gasteiger partial charge >= 0.3 is 0 Å². The van der Waals surface area contributed by atoms with Crippen LogP contribution < -0.4 is 0 Å². The molecule has 1 amide bonds. The molecular formula is C24H18Cl2N2O2. The summed E-state index contributed by atoms with van der Waals surface area (Å²) in [7, 11) is 0. The number of aromatic nitrogens is 1. The number of H-pyrrole nitrogens is 1. The maximum absolute atomic E-state index is 13.5. The van der Waals surface area contributed by atoms with Crippen LogP contribution in [0.15, 0.2) is 66.7 Å². The van der Waals surface area contributed by atoms with Crippen molar-refractivity contribution in [2.75, 3.05) is 6.54 Å². The molecule has 1 aliphatic rings. The van der Waals surface area contributed by atoms with Gasteiger partial charge in [0.1, 0.15) is 5.75 Å². The van der Waals surface area contributed by atoms with Crippen molar-refractivity contribution in [3.05, 3.63) is 99.2 Å². The van der Waals surface area contributed by atoms with E-state index in [9.17, 15) is 9.90 Å². The normalized spacial score (nSPS) is 15.9. The lowest BCUT2D eigenvalue weighted by Gasteiger charge is -2.36. The average molecular weight is 437 g/mol. The molecule has 0 bridgehead atoms. The highest BCUT2D eigenvalue weighted by molar-refractivity contribution is 6.33. The maximum Gasteiger partial charge on any atom is 0.256 e. The first-order valence-corrected chi connectivity index (χ1v) is 10.4. The Morgan fingerprint density at radius 1 is 1.03 bits per heavy atom. The van der Waals surface area contributed by atoms with E-state index in [1.807, 2.05) is 47.4 Å². The third-order valence-electron chi connectivity index (χ3n) is 5.66. The predicted molar refractivity (Wildman–Crippen MR) is 119 cm³/mol. The van der Waals surface area contributed by atoms with E-state index in [4.69, 9.17) is 23.2 Å². The molecule has 2 N–H and O–H groups in total. The molecule has 0 saturated carbocycles. The van der Waals surface area contributed by atoms with E-state index in [-0.39, 0.29) is 17.7 Å². The van der Waals surface area contributed by atoms with Crippen LogP contribution in [0.25, 0.3) is 10.9 Å². The third kappa shape index (κ3) is 3.13. The number of phenols is 1. The number of hydrogen-bond acceptors (Lipinski definition) is 2. The highest BCUT2D eigenvalue weighted by Gasteiger charge is 2.35. The van der Waals surface area contributed by atoms with Gasteiger partial charge in [-0.05, 0) is 60.0 Å². The van der Waals surface area contributed by atoms with Gasteiger partial charge < -0.3 is 15.0 Å². The largest absolute Gasteiger partial charge is 0.508 e. The van der Waals surface area contributed by atoms with E-state index < -0.39 is 0 Å². The lowest BCUT2D eigenvalue weighted by atomic mass is 9.91. The van der Waals surface area contributed by atoms with Crippen molar-refractivity contribution in [3.63, 3.8) is 0 Å². The summed E-state index contributed by atoms with van der Waals surface area (Å²) in [5, 5.41) is 12.0. The van der Waals surface area contributed by atoms with E-state index >= 15 is 0 Å². The van der Waals surface area contributed by atoms with Gasteiger partial charge in [-0.2, -0.15) is 0 Å². The van der Waals surface area contributed by atoms with Gasteiger partial charge in [0.15, 0.2) is 0 Å². The average Bonchev–Trinajstić information content (AvgIpc) is 3.11. The van der Waals surface area contributed by atoms with Crippen molar-refractivity contribution in [3.8, 4) is 5.75 Å². The molecule has 5 rings (SSSR count). The summed E-state index contributed by atoms with van der Waals surface area (Å²) in [5.74, 6) is 0.0585. The zero-order valence-corrected chi connectivity index (χ0v) is 17.4. The summed E-state index contributed by atoms with van der Waals surface area (Å²) in [6.45, 7) is 0.544. The van der Waals surface area contributed by atoms with Crippen LogP contribution in [-0.2, 0) is 6.42 Å².